The van der Waals surface area contributed by atoms with Gasteiger partial charge in [0, 0.05) is 11.6 Å². The van der Waals surface area contributed by atoms with Crippen LogP contribution < -0.4 is 9.46 Å². The van der Waals surface area contributed by atoms with Crippen molar-refractivity contribution in [2.45, 2.75) is 11.8 Å². The molecular formula is C15H14FNO4S. The number of ketones is 1. The van der Waals surface area contributed by atoms with E-state index in [0.717, 1.165) is 12.1 Å². The normalized spacial score (nSPS) is 11.0. The van der Waals surface area contributed by atoms with Gasteiger partial charge in [0.15, 0.2) is 5.78 Å². The standard InChI is InChI=1S/C15H14FNO4S/c1-10(18)11-4-3-5-13(8-11)22(19,20)17-14-9-12(16)6-7-15(14)21-2/h3-9,17H,1-2H3. The van der Waals surface area contributed by atoms with Crippen LogP contribution >= 0.6 is 0 Å². The summed E-state index contributed by atoms with van der Waals surface area (Å²) >= 11 is 0. The Kier molecular flexibility index (Phi) is 4.46. The number of carbonyl (C=O) groups excluding carboxylic acids is 1. The first kappa shape index (κ1) is 16.0. The molecule has 2 aromatic carbocycles. The minimum absolute atomic E-state index is 0.0178. The number of rotatable bonds is 5. The number of carbonyl (C=O) groups is 1. The van der Waals surface area contributed by atoms with E-state index in [2.05, 4.69) is 4.72 Å². The molecule has 116 valence electrons. The van der Waals surface area contributed by atoms with Crippen molar-refractivity contribution < 1.29 is 22.3 Å². The summed E-state index contributed by atoms with van der Waals surface area (Å²) in [6, 6.07) is 9.09. The highest BCUT2D eigenvalue weighted by molar-refractivity contribution is 7.92. The quantitative estimate of drug-likeness (QED) is 0.859. The molecule has 0 radical (unpaired) electrons. The number of ether oxygens (including phenoxy) is 1. The van der Waals surface area contributed by atoms with Crippen molar-refractivity contribution in [3.05, 3.63) is 53.8 Å². The van der Waals surface area contributed by atoms with Gasteiger partial charge in [0.25, 0.3) is 10.0 Å². The third-order valence-electron chi connectivity index (χ3n) is 2.96. The number of anilines is 1. The van der Waals surface area contributed by atoms with Gasteiger partial charge in [-0.3, -0.25) is 9.52 Å². The Balaban J connectivity index is 2.42. The molecule has 0 saturated carbocycles. The zero-order chi connectivity index (χ0) is 16.3. The van der Waals surface area contributed by atoms with Crippen LogP contribution in [-0.4, -0.2) is 21.3 Å². The van der Waals surface area contributed by atoms with E-state index >= 15 is 0 Å². The maximum atomic E-state index is 13.3. The highest BCUT2D eigenvalue weighted by Gasteiger charge is 2.18. The highest BCUT2D eigenvalue weighted by Crippen LogP contribution is 2.27. The molecule has 2 rings (SSSR count). The third-order valence-corrected chi connectivity index (χ3v) is 4.32. The molecule has 0 saturated heterocycles. The Hall–Kier alpha value is -2.41. The van der Waals surface area contributed by atoms with Crippen molar-refractivity contribution in [2.75, 3.05) is 11.8 Å². The molecule has 7 heteroatoms. The molecule has 1 N–H and O–H groups in total. The molecule has 0 bridgehead atoms. The lowest BCUT2D eigenvalue weighted by Crippen LogP contribution is -2.14. The number of halogens is 1. The van der Waals surface area contributed by atoms with Crippen LogP contribution in [0.15, 0.2) is 47.4 Å². The van der Waals surface area contributed by atoms with Crippen LogP contribution in [0, 0.1) is 5.82 Å². The first-order chi connectivity index (χ1) is 10.3. The number of sulfonamides is 1. The van der Waals surface area contributed by atoms with Gasteiger partial charge in [-0.05, 0) is 31.2 Å². The molecule has 0 amide bonds. The predicted octanol–water partition coefficient (Wildman–Crippen LogP) is 2.84. The Morgan fingerprint density at radius 2 is 1.91 bits per heavy atom. The summed E-state index contributed by atoms with van der Waals surface area (Å²) < 4.78 is 45.3. The Bertz CT molecular complexity index is 818. The van der Waals surface area contributed by atoms with Crippen LogP contribution in [0.1, 0.15) is 17.3 Å². The molecule has 0 aliphatic heterocycles. The molecule has 0 aliphatic rings. The molecule has 0 spiro atoms. The van der Waals surface area contributed by atoms with E-state index in [-0.39, 0.29) is 27.7 Å². The second kappa shape index (κ2) is 6.15. The second-order valence-corrected chi connectivity index (χ2v) is 6.22. The fraction of sp³-hybridized carbons (Fsp3) is 0.133. The maximum absolute atomic E-state index is 13.3. The van der Waals surface area contributed by atoms with E-state index in [1.807, 2.05) is 0 Å². The average molecular weight is 323 g/mol. The van der Waals surface area contributed by atoms with E-state index in [0.29, 0.717) is 0 Å². The van der Waals surface area contributed by atoms with Gasteiger partial charge >= 0.3 is 0 Å². The predicted molar refractivity (Wildman–Crippen MR) is 80.2 cm³/mol. The zero-order valence-electron chi connectivity index (χ0n) is 12.0. The topological polar surface area (TPSA) is 72.5 Å². The summed E-state index contributed by atoms with van der Waals surface area (Å²) in [5, 5.41) is 0. The zero-order valence-corrected chi connectivity index (χ0v) is 12.8. The van der Waals surface area contributed by atoms with Gasteiger partial charge in [-0.2, -0.15) is 0 Å². The lowest BCUT2D eigenvalue weighted by molar-refractivity contribution is 0.101. The van der Waals surface area contributed by atoms with Crippen LogP contribution in [0.2, 0.25) is 0 Å². The van der Waals surface area contributed by atoms with Crippen LogP contribution in [0.4, 0.5) is 10.1 Å². The molecule has 22 heavy (non-hydrogen) atoms. The Morgan fingerprint density at radius 1 is 1.18 bits per heavy atom. The van der Waals surface area contributed by atoms with Gasteiger partial charge in [0.2, 0.25) is 0 Å². The monoisotopic (exact) mass is 323 g/mol. The van der Waals surface area contributed by atoms with Crippen molar-refractivity contribution in [3.8, 4) is 5.75 Å². The average Bonchev–Trinajstić information content (AvgIpc) is 2.47. The number of nitrogens with one attached hydrogen (secondary N) is 1. The summed E-state index contributed by atoms with van der Waals surface area (Å²) in [6.45, 7) is 1.34. The first-order valence-electron chi connectivity index (χ1n) is 6.31. The van der Waals surface area contributed by atoms with E-state index in [1.165, 1.54) is 44.4 Å². The number of benzene rings is 2. The van der Waals surface area contributed by atoms with Crippen LogP contribution in [0.3, 0.4) is 0 Å². The van der Waals surface area contributed by atoms with Crippen molar-refractivity contribution in [1.29, 1.82) is 0 Å². The molecule has 0 aliphatic carbocycles. The second-order valence-electron chi connectivity index (χ2n) is 4.53. The van der Waals surface area contributed by atoms with Gasteiger partial charge in [-0.25, -0.2) is 12.8 Å². The van der Waals surface area contributed by atoms with Gasteiger partial charge in [-0.15, -0.1) is 0 Å². The molecular weight excluding hydrogens is 309 g/mol. The Labute approximate surface area is 127 Å². The number of methoxy groups -OCH3 is 1. The lowest BCUT2D eigenvalue weighted by atomic mass is 10.2. The van der Waals surface area contributed by atoms with Gasteiger partial charge in [0.1, 0.15) is 11.6 Å². The molecule has 2 aromatic rings. The van der Waals surface area contributed by atoms with Gasteiger partial charge < -0.3 is 4.74 Å². The minimum Gasteiger partial charge on any atom is -0.495 e. The van der Waals surface area contributed by atoms with Crippen molar-refractivity contribution >= 4 is 21.5 Å². The Morgan fingerprint density at radius 3 is 2.55 bits per heavy atom. The highest BCUT2D eigenvalue weighted by atomic mass is 32.2. The van der Waals surface area contributed by atoms with Crippen LogP contribution in [0.25, 0.3) is 0 Å². The summed E-state index contributed by atoms with van der Waals surface area (Å²) in [7, 11) is -2.62. The smallest absolute Gasteiger partial charge is 0.262 e. The molecule has 0 fully saturated rings. The van der Waals surface area contributed by atoms with E-state index < -0.39 is 15.8 Å². The molecule has 0 heterocycles. The largest absolute Gasteiger partial charge is 0.495 e. The minimum atomic E-state index is -3.97. The number of hydrogen-bond acceptors (Lipinski definition) is 4. The molecule has 0 aromatic heterocycles. The lowest BCUT2D eigenvalue weighted by Gasteiger charge is -2.12. The van der Waals surface area contributed by atoms with E-state index in [9.17, 15) is 17.6 Å². The fourth-order valence-corrected chi connectivity index (χ4v) is 2.95. The molecule has 0 atom stereocenters. The van der Waals surface area contributed by atoms with Gasteiger partial charge in [-0.1, -0.05) is 12.1 Å². The fourth-order valence-electron chi connectivity index (χ4n) is 1.85. The SMILES string of the molecule is COc1ccc(F)cc1NS(=O)(=O)c1cccc(C(C)=O)c1. The summed E-state index contributed by atoms with van der Waals surface area (Å²) in [5.41, 5.74) is 0.254. The number of hydrogen-bond donors (Lipinski definition) is 1. The molecule has 5 nitrogen and oxygen atoms in total. The molecule has 0 unspecified atom stereocenters. The number of Topliss-reactive ketones (excluding diaryl/α,β-unsaturated/α-hetero) is 1. The van der Waals surface area contributed by atoms with Crippen LogP contribution in [0.5, 0.6) is 5.75 Å². The van der Waals surface area contributed by atoms with Gasteiger partial charge in [0.05, 0.1) is 17.7 Å². The summed E-state index contributed by atoms with van der Waals surface area (Å²) in [4.78, 5) is 11.3. The first-order valence-corrected chi connectivity index (χ1v) is 7.79. The summed E-state index contributed by atoms with van der Waals surface area (Å²) in [6.07, 6.45) is 0. The maximum Gasteiger partial charge on any atom is 0.262 e. The van der Waals surface area contributed by atoms with E-state index in [4.69, 9.17) is 4.74 Å². The van der Waals surface area contributed by atoms with E-state index in [1.54, 1.807) is 0 Å². The van der Waals surface area contributed by atoms with Crippen molar-refractivity contribution in [1.82, 2.24) is 0 Å². The third kappa shape index (κ3) is 3.43. The van der Waals surface area contributed by atoms with Crippen molar-refractivity contribution in [3.63, 3.8) is 0 Å². The summed E-state index contributed by atoms with van der Waals surface area (Å²) in [5.74, 6) is -0.663. The van der Waals surface area contributed by atoms with Crippen LogP contribution in [-0.2, 0) is 10.0 Å². The van der Waals surface area contributed by atoms with Crippen molar-refractivity contribution in [2.24, 2.45) is 0 Å².